The number of nitrogens with zero attached hydrogens (tertiary/aromatic N) is 1. The van der Waals surface area contributed by atoms with Gasteiger partial charge in [-0.15, -0.1) is 0 Å². The number of amides is 1. The first-order chi connectivity index (χ1) is 11.6. The number of aryl methyl sites for hydroxylation is 2. The Bertz CT molecular complexity index is 650. The second kappa shape index (κ2) is 9.06. The van der Waals surface area contributed by atoms with Crippen molar-refractivity contribution in [2.45, 2.75) is 33.6 Å². The summed E-state index contributed by atoms with van der Waals surface area (Å²) in [6, 6.07) is 9.69. The molecule has 0 unspecified atom stereocenters. The minimum Gasteiger partial charge on any atom is -0.385 e. The second-order valence-electron chi connectivity index (χ2n) is 6.51. The fourth-order valence-electron chi connectivity index (χ4n) is 2.41. The largest absolute Gasteiger partial charge is 0.385 e. The van der Waals surface area contributed by atoms with Crippen LogP contribution >= 0.6 is 0 Å². The SMILES string of the molecule is Cc1ccncc1CCCNc1ccc(C(=O)NCC(C)C)cc1. The number of rotatable bonds is 8. The molecule has 0 spiro atoms. The zero-order chi connectivity index (χ0) is 17.4. The lowest BCUT2D eigenvalue weighted by Crippen LogP contribution is -2.27. The normalized spacial score (nSPS) is 10.7. The highest BCUT2D eigenvalue weighted by Crippen LogP contribution is 2.11. The van der Waals surface area contributed by atoms with Crippen molar-refractivity contribution in [3.63, 3.8) is 0 Å². The number of hydrogen-bond donors (Lipinski definition) is 2. The van der Waals surface area contributed by atoms with Crippen molar-refractivity contribution in [3.05, 3.63) is 59.4 Å². The van der Waals surface area contributed by atoms with E-state index in [0.29, 0.717) is 18.0 Å². The predicted octanol–water partition coefficient (Wildman–Crippen LogP) is 3.82. The monoisotopic (exact) mass is 325 g/mol. The first-order valence-electron chi connectivity index (χ1n) is 8.58. The van der Waals surface area contributed by atoms with Gasteiger partial charge in [0.2, 0.25) is 0 Å². The number of benzene rings is 1. The Balaban J connectivity index is 1.76. The topological polar surface area (TPSA) is 54.0 Å². The van der Waals surface area contributed by atoms with Crippen molar-refractivity contribution in [1.82, 2.24) is 10.3 Å². The number of carbonyl (C=O) groups excluding carboxylic acids is 1. The Morgan fingerprint density at radius 2 is 1.92 bits per heavy atom. The molecule has 1 amide bonds. The molecule has 0 saturated carbocycles. The fraction of sp³-hybridized carbons (Fsp3) is 0.400. The minimum atomic E-state index is -0.0118. The Kier molecular flexibility index (Phi) is 6.79. The fourth-order valence-corrected chi connectivity index (χ4v) is 2.41. The van der Waals surface area contributed by atoms with Crippen molar-refractivity contribution in [2.75, 3.05) is 18.4 Å². The maximum atomic E-state index is 12.0. The third kappa shape index (κ3) is 5.69. The molecule has 2 N–H and O–H groups in total. The first-order valence-corrected chi connectivity index (χ1v) is 8.58. The lowest BCUT2D eigenvalue weighted by atomic mass is 10.1. The minimum absolute atomic E-state index is 0.0118. The van der Waals surface area contributed by atoms with E-state index in [1.807, 2.05) is 42.7 Å². The molecular weight excluding hydrogens is 298 g/mol. The molecule has 0 bridgehead atoms. The van der Waals surface area contributed by atoms with Gasteiger partial charge in [-0.3, -0.25) is 9.78 Å². The summed E-state index contributed by atoms with van der Waals surface area (Å²) in [5.74, 6) is 0.445. The molecule has 0 aliphatic rings. The number of anilines is 1. The molecule has 24 heavy (non-hydrogen) atoms. The second-order valence-corrected chi connectivity index (χ2v) is 6.51. The molecule has 1 heterocycles. The highest BCUT2D eigenvalue weighted by molar-refractivity contribution is 5.94. The van der Waals surface area contributed by atoms with E-state index < -0.39 is 0 Å². The van der Waals surface area contributed by atoms with Gasteiger partial charge >= 0.3 is 0 Å². The van der Waals surface area contributed by atoms with Gasteiger partial charge in [-0.1, -0.05) is 13.8 Å². The molecule has 0 fully saturated rings. The molecule has 4 nitrogen and oxygen atoms in total. The van der Waals surface area contributed by atoms with Gasteiger partial charge in [-0.25, -0.2) is 0 Å². The van der Waals surface area contributed by atoms with E-state index in [1.54, 1.807) is 0 Å². The van der Waals surface area contributed by atoms with Gasteiger partial charge in [-0.05, 0) is 67.1 Å². The number of carbonyl (C=O) groups is 1. The van der Waals surface area contributed by atoms with Crippen LogP contribution in [0.25, 0.3) is 0 Å². The summed E-state index contributed by atoms with van der Waals surface area (Å²) in [4.78, 5) is 16.1. The molecule has 1 aromatic heterocycles. The number of hydrogen-bond acceptors (Lipinski definition) is 3. The number of nitrogens with one attached hydrogen (secondary N) is 2. The maximum absolute atomic E-state index is 12.0. The highest BCUT2D eigenvalue weighted by atomic mass is 16.1. The van der Waals surface area contributed by atoms with Gasteiger partial charge in [0.05, 0.1) is 0 Å². The Labute approximate surface area is 144 Å². The Morgan fingerprint density at radius 3 is 2.58 bits per heavy atom. The highest BCUT2D eigenvalue weighted by Gasteiger charge is 2.05. The molecule has 1 aromatic carbocycles. The zero-order valence-electron chi connectivity index (χ0n) is 14.8. The predicted molar refractivity (Wildman–Crippen MR) is 99.4 cm³/mol. The third-order valence-corrected chi connectivity index (χ3v) is 3.92. The average Bonchev–Trinajstić information content (AvgIpc) is 2.58. The average molecular weight is 325 g/mol. The van der Waals surface area contributed by atoms with Crippen LogP contribution in [0.1, 0.15) is 41.8 Å². The smallest absolute Gasteiger partial charge is 0.251 e. The van der Waals surface area contributed by atoms with Crippen LogP contribution in [0.15, 0.2) is 42.7 Å². The summed E-state index contributed by atoms with van der Waals surface area (Å²) in [6.45, 7) is 7.88. The van der Waals surface area contributed by atoms with Crippen molar-refractivity contribution >= 4 is 11.6 Å². The molecule has 0 atom stereocenters. The lowest BCUT2D eigenvalue weighted by molar-refractivity contribution is 0.0949. The summed E-state index contributed by atoms with van der Waals surface area (Å²) < 4.78 is 0. The van der Waals surface area contributed by atoms with Gasteiger partial charge < -0.3 is 10.6 Å². The van der Waals surface area contributed by atoms with E-state index in [-0.39, 0.29) is 5.91 Å². The van der Waals surface area contributed by atoms with Crippen molar-refractivity contribution in [3.8, 4) is 0 Å². The summed E-state index contributed by atoms with van der Waals surface area (Å²) in [7, 11) is 0. The Morgan fingerprint density at radius 1 is 1.17 bits per heavy atom. The van der Waals surface area contributed by atoms with Gasteiger partial charge in [0, 0.05) is 36.7 Å². The third-order valence-electron chi connectivity index (χ3n) is 3.92. The van der Waals surface area contributed by atoms with Gasteiger partial charge in [-0.2, -0.15) is 0 Å². The summed E-state index contributed by atoms with van der Waals surface area (Å²) in [6.07, 6.45) is 5.83. The molecule has 0 aliphatic carbocycles. The van der Waals surface area contributed by atoms with Crippen LogP contribution in [0.2, 0.25) is 0 Å². The van der Waals surface area contributed by atoms with Crippen molar-refractivity contribution < 1.29 is 4.79 Å². The van der Waals surface area contributed by atoms with E-state index in [2.05, 4.69) is 36.4 Å². The zero-order valence-corrected chi connectivity index (χ0v) is 14.8. The van der Waals surface area contributed by atoms with E-state index in [9.17, 15) is 4.79 Å². The number of pyridine rings is 1. The van der Waals surface area contributed by atoms with Gasteiger partial charge in [0.1, 0.15) is 0 Å². The lowest BCUT2D eigenvalue weighted by Gasteiger charge is -2.10. The molecule has 0 aliphatic heterocycles. The summed E-state index contributed by atoms with van der Waals surface area (Å²) >= 11 is 0. The molecule has 0 saturated heterocycles. The van der Waals surface area contributed by atoms with Gasteiger partial charge in [0.25, 0.3) is 5.91 Å². The van der Waals surface area contributed by atoms with Crippen LogP contribution in [0.3, 0.4) is 0 Å². The van der Waals surface area contributed by atoms with Crippen molar-refractivity contribution in [2.24, 2.45) is 5.92 Å². The molecule has 2 rings (SSSR count). The molecule has 0 radical (unpaired) electrons. The van der Waals surface area contributed by atoms with Crippen LogP contribution in [-0.2, 0) is 6.42 Å². The van der Waals surface area contributed by atoms with E-state index >= 15 is 0 Å². The summed E-state index contributed by atoms with van der Waals surface area (Å²) in [5, 5.41) is 6.33. The van der Waals surface area contributed by atoms with Crippen LogP contribution in [0, 0.1) is 12.8 Å². The van der Waals surface area contributed by atoms with Crippen LogP contribution in [-0.4, -0.2) is 24.0 Å². The number of aromatic nitrogens is 1. The maximum Gasteiger partial charge on any atom is 0.251 e. The van der Waals surface area contributed by atoms with Crippen LogP contribution in [0.4, 0.5) is 5.69 Å². The summed E-state index contributed by atoms with van der Waals surface area (Å²) in [5.41, 5.74) is 4.34. The molecule has 2 aromatic rings. The van der Waals surface area contributed by atoms with E-state index in [4.69, 9.17) is 0 Å². The van der Waals surface area contributed by atoms with Gasteiger partial charge in [0.15, 0.2) is 0 Å². The van der Waals surface area contributed by atoms with Crippen LogP contribution in [0.5, 0.6) is 0 Å². The quantitative estimate of drug-likeness (QED) is 0.726. The van der Waals surface area contributed by atoms with Crippen LogP contribution < -0.4 is 10.6 Å². The standard InChI is InChI=1S/C20H27N3O/c1-15(2)13-23-20(24)17-6-8-19(9-7-17)22-11-4-5-18-14-21-12-10-16(18)3/h6-10,12,14-15,22H,4-5,11,13H2,1-3H3,(H,23,24). The van der Waals surface area contributed by atoms with Crippen molar-refractivity contribution in [1.29, 1.82) is 0 Å². The van der Waals surface area contributed by atoms with E-state index in [0.717, 1.165) is 25.1 Å². The van der Waals surface area contributed by atoms with E-state index in [1.165, 1.54) is 11.1 Å². The molecule has 4 heteroatoms. The molecular formula is C20H27N3O. The Hall–Kier alpha value is -2.36. The molecule has 128 valence electrons. The first kappa shape index (κ1) is 18.0.